The maximum Gasteiger partial charge on any atom is 0.309 e. The number of aliphatic hydroxyl groups is 1. The van der Waals surface area contributed by atoms with Crippen molar-refractivity contribution in [3.8, 4) is 23.7 Å². The van der Waals surface area contributed by atoms with Crippen molar-refractivity contribution in [2.24, 2.45) is 5.92 Å². The molecule has 3 heteroatoms. The number of carbonyl (C=O) groups excluding carboxylic acids is 1. The van der Waals surface area contributed by atoms with Crippen molar-refractivity contribution in [2.45, 2.75) is 63.9 Å². The van der Waals surface area contributed by atoms with Crippen LogP contribution in [0.3, 0.4) is 0 Å². The summed E-state index contributed by atoms with van der Waals surface area (Å²) in [6.45, 7) is 3.58. The standard InChI is InChI=1S/C21H28O3/c1-2-3-4-5-6-7-8-9-10-11-12-13-14-15-16-19-17-20(18-22)24-21(19)23/h2,9-10,19-20,22H,1,3-4,11-18H2/b10-9+/t19-,20+/m1/s1. The lowest BCUT2D eigenvalue weighted by Gasteiger charge is -2.04. The van der Waals surface area contributed by atoms with E-state index in [1.807, 2.05) is 12.2 Å². The van der Waals surface area contributed by atoms with E-state index in [2.05, 4.69) is 36.3 Å². The second-order valence-corrected chi connectivity index (χ2v) is 5.97. The first-order valence-corrected chi connectivity index (χ1v) is 8.83. The van der Waals surface area contributed by atoms with E-state index < -0.39 is 0 Å². The molecule has 130 valence electrons. The molecule has 1 heterocycles. The predicted octanol–water partition coefficient (Wildman–Crippen LogP) is 3.78. The van der Waals surface area contributed by atoms with E-state index >= 15 is 0 Å². The van der Waals surface area contributed by atoms with E-state index in [0.717, 1.165) is 51.4 Å². The SMILES string of the molecule is C=CCCC#CC#C/C=C/CCCCCC[C@@H]1C[C@@H](CO)OC1=O. The van der Waals surface area contributed by atoms with Crippen LogP contribution in [0.1, 0.15) is 57.8 Å². The second-order valence-electron chi connectivity index (χ2n) is 5.97. The maximum absolute atomic E-state index is 11.5. The highest BCUT2D eigenvalue weighted by molar-refractivity contribution is 5.74. The molecule has 0 aromatic heterocycles. The molecule has 0 amide bonds. The fraction of sp³-hybridized carbons (Fsp3) is 0.571. The number of hydrogen-bond acceptors (Lipinski definition) is 3. The number of hydrogen-bond donors (Lipinski definition) is 1. The first kappa shape index (κ1) is 20.1. The molecule has 0 aliphatic carbocycles. The number of aliphatic hydroxyl groups excluding tert-OH is 1. The van der Waals surface area contributed by atoms with Crippen LogP contribution in [0.4, 0.5) is 0 Å². The first-order valence-electron chi connectivity index (χ1n) is 8.83. The molecule has 0 saturated carbocycles. The van der Waals surface area contributed by atoms with Crippen molar-refractivity contribution in [1.29, 1.82) is 0 Å². The second kappa shape index (κ2) is 13.5. The van der Waals surface area contributed by atoms with Crippen LogP contribution in [0.5, 0.6) is 0 Å². The Morgan fingerprint density at radius 3 is 2.79 bits per heavy atom. The molecular formula is C21H28O3. The fourth-order valence-electron chi connectivity index (χ4n) is 2.58. The van der Waals surface area contributed by atoms with E-state index in [1.54, 1.807) is 0 Å². The molecule has 0 bridgehead atoms. The molecule has 1 fully saturated rings. The van der Waals surface area contributed by atoms with Crippen LogP contribution in [0, 0.1) is 29.6 Å². The zero-order valence-corrected chi connectivity index (χ0v) is 14.4. The van der Waals surface area contributed by atoms with Gasteiger partial charge in [-0.2, -0.15) is 0 Å². The van der Waals surface area contributed by atoms with Gasteiger partial charge in [0.2, 0.25) is 0 Å². The molecule has 1 aliphatic rings. The Bertz CT molecular complexity index is 525. The topological polar surface area (TPSA) is 46.5 Å². The molecule has 0 aromatic carbocycles. The minimum Gasteiger partial charge on any atom is -0.460 e. The maximum atomic E-state index is 11.5. The predicted molar refractivity (Wildman–Crippen MR) is 96.9 cm³/mol. The molecule has 0 unspecified atom stereocenters. The molecule has 3 nitrogen and oxygen atoms in total. The Morgan fingerprint density at radius 2 is 2.04 bits per heavy atom. The Morgan fingerprint density at radius 1 is 1.21 bits per heavy atom. The average molecular weight is 328 g/mol. The number of ether oxygens (including phenoxy) is 1. The van der Waals surface area contributed by atoms with Crippen LogP contribution < -0.4 is 0 Å². The third-order valence-corrected chi connectivity index (χ3v) is 3.94. The normalized spacial score (nSPS) is 19.3. The summed E-state index contributed by atoms with van der Waals surface area (Å²) in [6.07, 6.45) is 14.3. The lowest BCUT2D eigenvalue weighted by Crippen LogP contribution is -2.10. The number of cyclic esters (lactones) is 1. The summed E-state index contributed by atoms with van der Waals surface area (Å²) in [6, 6.07) is 0. The van der Waals surface area contributed by atoms with Gasteiger partial charge >= 0.3 is 5.97 Å². The summed E-state index contributed by atoms with van der Waals surface area (Å²) in [4.78, 5) is 11.5. The van der Waals surface area contributed by atoms with Gasteiger partial charge < -0.3 is 9.84 Å². The van der Waals surface area contributed by atoms with Gasteiger partial charge in [0.25, 0.3) is 0 Å². The monoisotopic (exact) mass is 328 g/mol. The minimum absolute atomic E-state index is 0.00934. The molecule has 1 N–H and O–H groups in total. The zero-order chi connectivity index (χ0) is 17.5. The van der Waals surface area contributed by atoms with Gasteiger partial charge in [0.1, 0.15) is 6.10 Å². The van der Waals surface area contributed by atoms with Crippen LogP contribution in [0.2, 0.25) is 0 Å². The van der Waals surface area contributed by atoms with Crippen molar-refractivity contribution in [2.75, 3.05) is 6.61 Å². The third kappa shape index (κ3) is 9.23. The summed E-state index contributed by atoms with van der Waals surface area (Å²) < 4.78 is 5.07. The smallest absolute Gasteiger partial charge is 0.309 e. The van der Waals surface area contributed by atoms with Gasteiger partial charge in [-0.1, -0.05) is 43.3 Å². The highest BCUT2D eigenvalue weighted by Gasteiger charge is 2.33. The van der Waals surface area contributed by atoms with E-state index in [1.165, 1.54) is 0 Å². The van der Waals surface area contributed by atoms with Crippen molar-refractivity contribution in [3.05, 3.63) is 24.8 Å². The highest BCUT2D eigenvalue weighted by Crippen LogP contribution is 2.26. The van der Waals surface area contributed by atoms with E-state index in [4.69, 9.17) is 9.84 Å². The van der Waals surface area contributed by atoms with Gasteiger partial charge in [-0.3, -0.25) is 4.79 Å². The Kier molecular flexibility index (Phi) is 11.3. The molecule has 1 rings (SSSR count). The lowest BCUT2D eigenvalue weighted by molar-refractivity contribution is -0.145. The summed E-state index contributed by atoms with van der Waals surface area (Å²) in [5.74, 6) is 11.4. The van der Waals surface area contributed by atoms with Crippen molar-refractivity contribution >= 4 is 5.97 Å². The molecule has 2 atom stereocenters. The third-order valence-electron chi connectivity index (χ3n) is 3.94. The van der Waals surface area contributed by atoms with Gasteiger partial charge in [0.05, 0.1) is 12.5 Å². The molecule has 1 aliphatic heterocycles. The van der Waals surface area contributed by atoms with Crippen LogP contribution >= 0.6 is 0 Å². The summed E-state index contributed by atoms with van der Waals surface area (Å²) in [5.41, 5.74) is 0. The molecule has 0 spiro atoms. The fourth-order valence-corrected chi connectivity index (χ4v) is 2.58. The zero-order valence-electron chi connectivity index (χ0n) is 14.4. The number of esters is 1. The van der Waals surface area contributed by atoms with Gasteiger partial charge in [-0.25, -0.2) is 0 Å². The number of rotatable bonds is 10. The van der Waals surface area contributed by atoms with Crippen molar-refractivity contribution < 1.29 is 14.6 Å². The van der Waals surface area contributed by atoms with Crippen LogP contribution in [0.25, 0.3) is 0 Å². The molecule has 24 heavy (non-hydrogen) atoms. The van der Waals surface area contributed by atoms with E-state index in [-0.39, 0.29) is 24.6 Å². The largest absolute Gasteiger partial charge is 0.460 e. The molecule has 0 radical (unpaired) electrons. The van der Waals surface area contributed by atoms with Gasteiger partial charge in [-0.15, -0.1) is 6.58 Å². The summed E-state index contributed by atoms with van der Waals surface area (Å²) in [7, 11) is 0. The quantitative estimate of drug-likeness (QED) is 0.287. The van der Waals surface area contributed by atoms with E-state index in [9.17, 15) is 4.79 Å². The first-order chi connectivity index (χ1) is 11.8. The van der Waals surface area contributed by atoms with Crippen LogP contribution in [0.15, 0.2) is 24.8 Å². The lowest BCUT2D eigenvalue weighted by atomic mass is 9.97. The van der Waals surface area contributed by atoms with Gasteiger partial charge in [0, 0.05) is 6.42 Å². The van der Waals surface area contributed by atoms with Crippen molar-refractivity contribution in [1.82, 2.24) is 0 Å². The number of allylic oxidation sites excluding steroid dienone is 3. The van der Waals surface area contributed by atoms with Gasteiger partial charge in [-0.05, 0) is 50.0 Å². The highest BCUT2D eigenvalue weighted by atomic mass is 16.6. The Labute approximate surface area is 146 Å². The number of unbranched alkanes of at least 4 members (excludes halogenated alkanes) is 5. The number of carbonyl (C=O) groups is 1. The molecular weight excluding hydrogens is 300 g/mol. The van der Waals surface area contributed by atoms with Gasteiger partial charge in [0.15, 0.2) is 0 Å². The Hall–Kier alpha value is -1.97. The van der Waals surface area contributed by atoms with Crippen molar-refractivity contribution in [3.63, 3.8) is 0 Å². The Balaban J connectivity index is 1.98. The molecule has 1 saturated heterocycles. The van der Waals surface area contributed by atoms with Crippen LogP contribution in [-0.4, -0.2) is 23.8 Å². The summed E-state index contributed by atoms with van der Waals surface area (Å²) >= 11 is 0. The molecule has 0 aromatic rings. The minimum atomic E-state index is -0.277. The van der Waals surface area contributed by atoms with E-state index in [0.29, 0.717) is 6.42 Å². The average Bonchev–Trinajstić information content (AvgIpc) is 2.95. The summed E-state index contributed by atoms with van der Waals surface area (Å²) in [5, 5.41) is 8.99. The van der Waals surface area contributed by atoms with Crippen LogP contribution in [-0.2, 0) is 9.53 Å².